The lowest BCUT2D eigenvalue weighted by Crippen LogP contribution is -2.27. The second-order valence-corrected chi connectivity index (χ2v) is 14.0. The molecule has 0 unspecified atom stereocenters. The van der Waals surface area contributed by atoms with Crippen molar-refractivity contribution in [1.82, 2.24) is 19.2 Å². The Kier molecular flexibility index (Phi) is 10.9. The van der Waals surface area contributed by atoms with E-state index in [-0.39, 0.29) is 11.3 Å². The van der Waals surface area contributed by atoms with E-state index < -0.39 is 111 Å². The zero-order valence-corrected chi connectivity index (χ0v) is 28.5. The summed E-state index contributed by atoms with van der Waals surface area (Å²) >= 11 is 0. The first-order valence-electron chi connectivity index (χ1n) is 13.7. The van der Waals surface area contributed by atoms with Gasteiger partial charge in [0.2, 0.25) is 0 Å². The van der Waals surface area contributed by atoms with Crippen LogP contribution in [0.25, 0.3) is 0 Å². The molecular formula is C27H27F3N8O12S2. The van der Waals surface area contributed by atoms with Crippen LogP contribution in [0.1, 0.15) is 26.3 Å². The molecule has 0 bridgehead atoms. The van der Waals surface area contributed by atoms with Crippen LogP contribution in [-0.4, -0.2) is 100 Å². The van der Waals surface area contributed by atoms with E-state index in [1.165, 1.54) is 41.9 Å². The molecule has 0 aromatic heterocycles. The van der Waals surface area contributed by atoms with Gasteiger partial charge in [0.15, 0.2) is 21.3 Å². The van der Waals surface area contributed by atoms with Gasteiger partial charge in [-0.1, -0.05) is 6.07 Å². The number of primary amides is 2. The van der Waals surface area contributed by atoms with Gasteiger partial charge >= 0.3 is 6.18 Å². The summed E-state index contributed by atoms with van der Waals surface area (Å²) in [6.45, 7) is 0. The molecular weight excluding hydrogens is 749 g/mol. The molecule has 0 aliphatic carbocycles. The number of hydrogen-bond acceptors (Lipinski definition) is 14. The van der Waals surface area contributed by atoms with Gasteiger partial charge in [0.25, 0.3) is 55.5 Å². The fourth-order valence-electron chi connectivity index (χ4n) is 4.36. The summed E-state index contributed by atoms with van der Waals surface area (Å²) in [6, 6.07) is 5.16. The molecule has 2 aromatic rings. The Labute approximate surface area is 291 Å². The Bertz CT molecular complexity index is 2230. The molecule has 10 N–H and O–H groups in total. The molecule has 4 rings (SSSR count). The van der Waals surface area contributed by atoms with E-state index in [2.05, 4.69) is 10.6 Å². The van der Waals surface area contributed by atoms with Gasteiger partial charge in [0, 0.05) is 28.2 Å². The van der Waals surface area contributed by atoms with Crippen molar-refractivity contribution in [3.63, 3.8) is 0 Å². The van der Waals surface area contributed by atoms with Crippen LogP contribution in [0, 0.1) is 0 Å². The van der Waals surface area contributed by atoms with Gasteiger partial charge in [-0.3, -0.25) is 28.8 Å². The molecule has 6 amide bonds. The van der Waals surface area contributed by atoms with Crippen molar-refractivity contribution in [3.8, 4) is 11.5 Å². The highest BCUT2D eigenvalue weighted by Gasteiger charge is 2.42. The van der Waals surface area contributed by atoms with Gasteiger partial charge in [-0.25, -0.2) is 26.3 Å². The van der Waals surface area contributed by atoms with Crippen molar-refractivity contribution in [3.05, 3.63) is 68.2 Å². The Hall–Kier alpha value is -6.37. The number of hydrogen-bond donors (Lipinski definition) is 8. The number of phenols is 2. The second kappa shape index (κ2) is 14.1. The molecule has 0 radical (unpaired) electrons. The minimum Gasteiger partial charge on any atom is -0.505 e. The van der Waals surface area contributed by atoms with Crippen LogP contribution in [0.2, 0.25) is 0 Å². The topological polar surface area (TPSA) is 318 Å². The zero-order chi connectivity index (χ0) is 39.8. The number of sulfonamides is 2. The summed E-state index contributed by atoms with van der Waals surface area (Å²) in [6.07, 6.45) is -5.00. The van der Waals surface area contributed by atoms with Gasteiger partial charge in [-0.15, -0.1) is 0 Å². The maximum atomic E-state index is 13.2. The van der Waals surface area contributed by atoms with E-state index in [1.54, 1.807) is 4.72 Å². The number of rotatable bonds is 8. The molecule has 2 aliphatic heterocycles. The maximum Gasteiger partial charge on any atom is 0.417 e. The molecule has 2 heterocycles. The minimum atomic E-state index is -5.00. The first-order chi connectivity index (χ1) is 23.7. The average Bonchev–Trinajstić information content (AvgIpc) is 3.37. The van der Waals surface area contributed by atoms with Crippen LogP contribution in [0.3, 0.4) is 0 Å². The van der Waals surface area contributed by atoms with E-state index in [0.717, 1.165) is 19.0 Å². The van der Waals surface area contributed by atoms with Crippen molar-refractivity contribution in [1.29, 1.82) is 0 Å². The SMILES string of the molecule is CN(C)C(=O)c1c(C(F)(F)F)ccc(NC2=C(C(N)=O)S(=O)(=O)NC2=O)c1O.CN(C)C(=O)c1cccc(NC2=C(C(N)=O)S(=O)(=O)NC2=O)c1O. The Morgan fingerprint density at radius 2 is 1.13 bits per heavy atom. The zero-order valence-electron chi connectivity index (χ0n) is 26.9. The number of carbonyl (C=O) groups is 6. The maximum absolute atomic E-state index is 13.2. The molecule has 280 valence electrons. The van der Waals surface area contributed by atoms with Gasteiger partial charge in [0.1, 0.15) is 11.4 Å². The van der Waals surface area contributed by atoms with E-state index in [1.807, 2.05) is 0 Å². The largest absolute Gasteiger partial charge is 0.505 e. The van der Waals surface area contributed by atoms with Crippen molar-refractivity contribution < 1.29 is 69.0 Å². The predicted octanol–water partition coefficient (Wildman–Crippen LogP) is -1.66. The summed E-state index contributed by atoms with van der Waals surface area (Å²) in [5.74, 6) is -8.72. The third-order valence-electron chi connectivity index (χ3n) is 6.64. The van der Waals surface area contributed by atoms with E-state index in [4.69, 9.17) is 11.5 Å². The summed E-state index contributed by atoms with van der Waals surface area (Å²) in [7, 11) is -3.71. The molecule has 0 saturated carbocycles. The molecule has 25 heteroatoms. The van der Waals surface area contributed by atoms with Crippen molar-refractivity contribution >= 4 is 66.9 Å². The summed E-state index contributed by atoms with van der Waals surface area (Å²) in [5, 5.41) is 24.8. The Morgan fingerprint density at radius 1 is 0.712 bits per heavy atom. The van der Waals surface area contributed by atoms with Gasteiger partial charge in [-0.05, 0) is 24.3 Å². The van der Waals surface area contributed by atoms with Crippen LogP contribution in [0.4, 0.5) is 24.5 Å². The standard InChI is InChI=1S/C14H13F3N4O6S.C13H14N4O6S/c1-21(2)13(25)7-5(14(15,16)17)3-4-6(9(7)22)19-8-10(11(18)23)28(26,27)20-12(8)24;1-17(2)13(21)6-4-3-5-7(9(6)18)15-8-10(11(14)19)24(22,23)16-12(8)20/h3-4,19,22H,1-2H3,(H2,18,23)(H,20,24);3-5,15,18H,1-2H3,(H2,14,19)(H,16,20). The lowest BCUT2D eigenvalue weighted by molar-refractivity contribution is -0.138. The molecule has 0 saturated heterocycles. The molecule has 2 aliphatic rings. The van der Waals surface area contributed by atoms with Crippen LogP contribution in [0.15, 0.2) is 51.5 Å². The van der Waals surface area contributed by atoms with E-state index >= 15 is 0 Å². The lowest BCUT2D eigenvalue weighted by Gasteiger charge is -2.19. The van der Waals surface area contributed by atoms with E-state index in [9.17, 15) is 69.0 Å². The first kappa shape index (κ1) is 40.1. The second-order valence-electron chi connectivity index (χ2n) is 10.7. The molecule has 20 nitrogen and oxygen atoms in total. The number of anilines is 2. The van der Waals surface area contributed by atoms with Crippen LogP contribution >= 0.6 is 0 Å². The predicted molar refractivity (Wildman–Crippen MR) is 171 cm³/mol. The Balaban J connectivity index is 0.000000284. The number of benzene rings is 2. The average molecular weight is 777 g/mol. The molecule has 0 fully saturated rings. The van der Waals surface area contributed by atoms with E-state index in [0.29, 0.717) is 12.1 Å². The van der Waals surface area contributed by atoms with Crippen molar-refractivity contribution in [2.45, 2.75) is 6.18 Å². The highest BCUT2D eigenvalue weighted by molar-refractivity contribution is 7.95. The number of nitrogens with two attached hydrogens (primary N) is 2. The third-order valence-corrected chi connectivity index (χ3v) is 9.44. The van der Waals surface area contributed by atoms with Crippen molar-refractivity contribution in [2.75, 3.05) is 38.8 Å². The highest BCUT2D eigenvalue weighted by Crippen LogP contribution is 2.41. The number of halogens is 3. The number of para-hydroxylation sites is 1. The fourth-order valence-corrected chi connectivity index (χ4v) is 6.61. The summed E-state index contributed by atoms with van der Waals surface area (Å²) in [4.78, 5) is 70.3. The summed E-state index contributed by atoms with van der Waals surface area (Å²) in [5.41, 5.74) is 4.97. The number of alkyl halides is 3. The highest BCUT2D eigenvalue weighted by atomic mass is 32.2. The number of carbonyl (C=O) groups excluding carboxylic acids is 6. The normalized spacial score (nSPS) is 15.9. The third kappa shape index (κ3) is 7.83. The Morgan fingerprint density at radius 3 is 1.52 bits per heavy atom. The minimum absolute atomic E-state index is 0.0764. The van der Waals surface area contributed by atoms with Crippen LogP contribution in [0.5, 0.6) is 11.5 Å². The molecule has 2 aromatic carbocycles. The quantitative estimate of drug-likeness (QED) is 0.139. The number of aromatic hydroxyl groups is 2. The van der Waals surface area contributed by atoms with Crippen LogP contribution < -0.4 is 31.5 Å². The number of nitrogens with one attached hydrogen (secondary N) is 4. The molecule has 52 heavy (non-hydrogen) atoms. The number of nitrogens with zero attached hydrogens (tertiary/aromatic N) is 2. The first-order valence-corrected chi connectivity index (χ1v) is 16.7. The fraction of sp³-hybridized carbons (Fsp3) is 0.185. The smallest absolute Gasteiger partial charge is 0.417 e. The number of amides is 6. The lowest BCUT2D eigenvalue weighted by atomic mass is 10.0. The summed E-state index contributed by atoms with van der Waals surface area (Å²) < 4.78 is 89.6. The van der Waals surface area contributed by atoms with Gasteiger partial charge in [0.05, 0.1) is 28.1 Å². The van der Waals surface area contributed by atoms with Gasteiger partial charge in [-0.2, -0.15) is 13.2 Å². The van der Waals surface area contributed by atoms with Crippen molar-refractivity contribution in [2.24, 2.45) is 11.5 Å². The van der Waals surface area contributed by atoms with Gasteiger partial charge < -0.3 is 42.1 Å². The number of phenolic OH excluding ortho intramolecular Hbond substituents is 2. The monoisotopic (exact) mass is 776 g/mol. The van der Waals surface area contributed by atoms with Crippen LogP contribution in [-0.2, 0) is 45.4 Å². The molecule has 0 spiro atoms. The molecule has 0 atom stereocenters.